The zero-order valence-corrected chi connectivity index (χ0v) is 38.0. The Kier molecular flexibility index (Phi) is 12.4. The van der Waals surface area contributed by atoms with Crippen LogP contribution in [0.2, 0.25) is 0 Å². The molecule has 0 saturated carbocycles. The number of aromatic nitrogens is 4. The van der Waals surface area contributed by atoms with E-state index in [1.165, 1.54) is 19.7 Å². The van der Waals surface area contributed by atoms with Gasteiger partial charge in [-0.05, 0) is 79.3 Å². The second-order valence-corrected chi connectivity index (χ2v) is 17.9. The molecular weight excluding hydrogens is 813 g/mol. The zero-order valence-electron chi connectivity index (χ0n) is 38.0. The van der Waals surface area contributed by atoms with Gasteiger partial charge in [0.15, 0.2) is 6.10 Å². The van der Waals surface area contributed by atoms with Crippen LogP contribution in [0.15, 0.2) is 60.9 Å². The summed E-state index contributed by atoms with van der Waals surface area (Å²) in [5, 5.41) is 7.38. The average molecular weight is 873 g/mol. The van der Waals surface area contributed by atoms with Crippen LogP contribution in [0.5, 0.6) is 11.5 Å². The summed E-state index contributed by atoms with van der Waals surface area (Å²) in [4.78, 5) is 71.8. The molecule has 5 heterocycles. The first kappa shape index (κ1) is 44.2. The van der Waals surface area contributed by atoms with Gasteiger partial charge in [-0.25, -0.2) is 19.6 Å². The smallest absolute Gasteiger partial charge is 0.407 e. The predicted molar refractivity (Wildman–Crippen MR) is 243 cm³/mol. The Morgan fingerprint density at radius 2 is 1.41 bits per heavy atom. The number of carbonyl (C=O) groups is 4. The van der Waals surface area contributed by atoms with Crippen LogP contribution >= 0.6 is 0 Å². The van der Waals surface area contributed by atoms with Gasteiger partial charge >= 0.3 is 12.2 Å². The number of benzene rings is 3. The van der Waals surface area contributed by atoms with Gasteiger partial charge in [-0.3, -0.25) is 9.59 Å². The van der Waals surface area contributed by atoms with Crippen molar-refractivity contribution in [1.29, 1.82) is 0 Å². The maximum atomic E-state index is 13.7. The molecule has 8 rings (SSSR count). The molecule has 0 bridgehead atoms. The number of nitrogens with zero attached hydrogens (tertiary/aromatic N) is 4. The van der Waals surface area contributed by atoms with E-state index < -0.39 is 24.3 Å². The Morgan fingerprint density at radius 3 is 1.98 bits per heavy atom. The molecule has 0 spiro atoms. The maximum absolute atomic E-state index is 13.7. The standard InChI is InChI=1S/C49H60N8O7/c1-9-49(10-2)33-19-16-31(35-26-52-44(54-35)37-14-12-22-57(37)46(59)42(28(5)6)64-47(60)50-7)24-39(33)63-38-20-17-29-23-30(15-18-32(29)40(38)49)34-25-51-43(53-34)36-13-11-21-56(36)45(58)41(27(3)4)55-48(61)62-8/h15-20,23-28,36-37,41-42H,9-14,21-22H2,1-8H3,(H,50,60)(H,51,53)(H,52,54)(H,55,61)/t36-,37-,41-,42+/m0/s1. The first-order valence-corrected chi connectivity index (χ1v) is 22.7. The van der Waals surface area contributed by atoms with Crippen LogP contribution in [0, 0.1) is 11.8 Å². The molecule has 15 nitrogen and oxygen atoms in total. The minimum absolute atomic E-state index is 0.118. The Balaban J connectivity index is 1.04. The highest BCUT2D eigenvalue weighted by Gasteiger charge is 2.42. The van der Waals surface area contributed by atoms with Crippen LogP contribution in [0.25, 0.3) is 33.3 Å². The van der Waals surface area contributed by atoms with Gasteiger partial charge in [0.1, 0.15) is 29.2 Å². The molecule has 4 amide bonds. The van der Waals surface area contributed by atoms with Gasteiger partial charge in [0.25, 0.3) is 5.91 Å². The summed E-state index contributed by atoms with van der Waals surface area (Å²) in [6, 6.07) is 15.8. The van der Waals surface area contributed by atoms with Crippen molar-refractivity contribution in [3.63, 3.8) is 0 Å². The number of H-pyrrole nitrogens is 2. The van der Waals surface area contributed by atoms with Crippen molar-refractivity contribution in [3.05, 3.63) is 83.7 Å². The minimum atomic E-state index is -0.895. The largest absolute Gasteiger partial charge is 0.457 e. The Morgan fingerprint density at radius 1 is 0.797 bits per heavy atom. The summed E-state index contributed by atoms with van der Waals surface area (Å²) >= 11 is 0. The number of imidazole rings is 2. The summed E-state index contributed by atoms with van der Waals surface area (Å²) in [6.07, 6.45) is 6.40. The van der Waals surface area contributed by atoms with E-state index in [1.807, 2.05) is 45.0 Å². The number of ether oxygens (including phenoxy) is 3. The molecule has 3 aliphatic heterocycles. The lowest BCUT2D eigenvalue weighted by molar-refractivity contribution is -0.143. The summed E-state index contributed by atoms with van der Waals surface area (Å²) in [6.45, 7) is 13.2. The van der Waals surface area contributed by atoms with Gasteiger partial charge in [0.2, 0.25) is 5.91 Å². The van der Waals surface area contributed by atoms with Crippen molar-refractivity contribution in [2.75, 3.05) is 27.2 Å². The van der Waals surface area contributed by atoms with Crippen molar-refractivity contribution < 1.29 is 33.4 Å². The molecule has 4 atom stereocenters. The number of aromatic amines is 2. The van der Waals surface area contributed by atoms with Crippen molar-refractivity contribution >= 4 is 34.8 Å². The molecule has 0 radical (unpaired) electrons. The summed E-state index contributed by atoms with van der Waals surface area (Å²) < 4.78 is 17.1. The number of hydrogen-bond acceptors (Lipinski definition) is 9. The number of rotatable bonds is 12. The van der Waals surface area contributed by atoms with Crippen LogP contribution in [0.1, 0.15) is 115 Å². The van der Waals surface area contributed by atoms with Crippen LogP contribution in [0.3, 0.4) is 0 Å². The third kappa shape index (κ3) is 7.93. The summed E-state index contributed by atoms with van der Waals surface area (Å²) in [7, 11) is 2.78. The predicted octanol–water partition coefficient (Wildman–Crippen LogP) is 8.92. The normalized spacial score (nSPS) is 18.7. The fourth-order valence-electron chi connectivity index (χ4n) is 10.1. The van der Waals surface area contributed by atoms with E-state index in [9.17, 15) is 19.2 Å². The van der Waals surface area contributed by atoms with E-state index in [0.29, 0.717) is 18.9 Å². The molecule has 64 heavy (non-hydrogen) atoms. The SMILES string of the molecule is CCC1(CC)c2ccc(-c3cnc([C@@H]4CCCN4C(=O)[C@H](OC(=O)NC)C(C)C)[nH]3)cc2Oc2ccc3cc(-c4cnc([C@@H]5CCCN5C(=O)[C@@H](NC(=O)OC)C(C)C)[nH]4)ccc3c21. The number of nitrogens with one attached hydrogen (secondary N) is 4. The van der Waals surface area contributed by atoms with Crippen molar-refractivity contribution in [1.82, 2.24) is 40.4 Å². The van der Waals surface area contributed by atoms with E-state index in [-0.39, 0.29) is 41.1 Å². The van der Waals surface area contributed by atoms with E-state index in [0.717, 1.165) is 94.7 Å². The molecular formula is C49H60N8O7. The molecule has 3 aromatic carbocycles. The van der Waals surface area contributed by atoms with Gasteiger partial charge in [-0.2, -0.15) is 0 Å². The average Bonchev–Trinajstić information content (AvgIpc) is 4.15. The number of hydrogen-bond donors (Lipinski definition) is 4. The van der Waals surface area contributed by atoms with E-state index >= 15 is 0 Å². The van der Waals surface area contributed by atoms with Crippen LogP contribution < -0.4 is 15.4 Å². The molecule has 2 fully saturated rings. The van der Waals surface area contributed by atoms with Crippen molar-refractivity contribution in [2.24, 2.45) is 11.8 Å². The third-order valence-electron chi connectivity index (χ3n) is 13.6. The second-order valence-electron chi connectivity index (χ2n) is 17.9. The summed E-state index contributed by atoms with van der Waals surface area (Å²) in [5.74, 6) is 2.37. The van der Waals surface area contributed by atoms with Crippen LogP contribution in [-0.4, -0.2) is 93.1 Å². The maximum Gasteiger partial charge on any atom is 0.407 e. The van der Waals surface area contributed by atoms with Gasteiger partial charge in [0.05, 0.1) is 43.0 Å². The molecule has 338 valence electrons. The molecule has 15 heteroatoms. The molecule has 0 aliphatic carbocycles. The van der Waals surface area contributed by atoms with Crippen molar-refractivity contribution in [2.45, 2.75) is 110 Å². The zero-order chi connectivity index (χ0) is 45.4. The number of carbonyl (C=O) groups excluding carboxylic acids is 4. The highest BCUT2D eigenvalue weighted by molar-refractivity contribution is 5.93. The molecule has 3 aliphatic rings. The molecule has 2 aromatic heterocycles. The minimum Gasteiger partial charge on any atom is -0.457 e. The van der Waals surface area contributed by atoms with Gasteiger partial charge in [0, 0.05) is 47.8 Å². The lowest BCUT2D eigenvalue weighted by atomic mass is 9.67. The van der Waals surface area contributed by atoms with Crippen molar-refractivity contribution in [3.8, 4) is 34.0 Å². The first-order valence-electron chi connectivity index (χ1n) is 22.7. The molecule has 5 aromatic rings. The monoisotopic (exact) mass is 872 g/mol. The molecule has 4 N–H and O–H groups in total. The number of likely N-dealkylation sites (tertiary alicyclic amines) is 2. The fraction of sp³-hybridized carbons (Fsp3) is 0.469. The summed E-state index contributed by atoms with van der Waals surface area (Å²) in [5.41, 5.74) is 5.57. The fourth-order valence-corrected chi connectivity index (χ4v) is 10.1. The Hall–Kier alpha value is -6.38. The van der Waals surface area contributed by atoms with E-state index in [4.69, 9.17) is 24.2 Å². The van der Waals surface area contributed by atoms with Gasteiger partial charge < -0.3 is 44.6 Å². The van der Waals surface area contributed by atoms with Crippen LogP contribution in [0.4, 0.5) is 9.59 Å². The highest BCUT2D eigenvalue weighted by atomic mass is 16.6. The first-order chi connectivity index (χ1) is 30.8. The Labute approximate surface area is 374 Å². The van der Waals surface area contributed by atoms with E-state index in [1.54, 1.807) is 4.90 Å². The molecule has 0 unspecified atom stereocenters. The molecule has 2 saturated heterocycles. The van der Waals surface area contributed by atoms with Gasteiger partial charge in [-0.1, -0.05) is 71.9 Å². The van der Waals surface area contributed by atoms with Crippen LogP contribution in [-0.2, 0) is 24.5 Å². The lowest BCUT2D eigenvalue weighted by Gasteiger charge is -2.40. The topological polar surface area (TPSA) is 184 Å². The number of amides is 4. The van der Waals surface area contributed by atoms with Gasteiger partial charge in [-0.15, -0.1) is 0 Å². The number of fused-ring (bicyclic) bond motifs is 4. The quantitative estimate of drug-likeness (QED) is 0.0951. The third-order valence-corrected chi connectivity index (χ3v) is 13.6. The second kappa shape index (κ2) is 18.0. The lowest BCUT2D eigenvalue weighted by Crippen LogP contribution is -2.51. The van der Waals surface area contributed by atoms with E-state index in [2.05, 4.69) is 83.0 Å². The number of methoxy groups -OCH3 is 1. The highest BCUT2D eigenvalue weighted by Crippen LogP contribution is 2.55. The Bertz CT molecular complexity index is 2560. The number of alkyl carbamates (subject to hydrolysis) is 2.